The Kier molecular flexibility index (Phi) is 4.63. The van der Waals surface area contributed by atoms with Crippen LogP contribution in [0.15, 0.2) is 48.8 Å². The van der Waals surface area contributed by atoms with Crippen molar-refractivity contribution < 1.29 is 9.47 Å². The highest BCUT2D eigenvalue weighted by molar-refractivity contribution is 5.77. The molecule has 0 amide bonds. The lowest BCUT2D eigenvalue weighted by Gasteiger charge is -2.28. The Hall–Kier alpha value is -3.39. The van der Waals surface area contributed by atoms with Crippen molar-refractivity contribution in [3.8, 4) is 11.4 Å². The topological polar surface area (TPSA) is 81.1 Å². The lowest BCUT2D eigenvalue weighted by molar-refractivity contribution is 0.118. The third-order valence-electron chi connectivity index (χ3n) is 5.76. The lowest BCUT2D eigenvalue weighted by Crippen LogP contribution is -2.27. The first-order chi connectivity index (χ1) is 14.7. The van der Waals surface area contributed by atoms with E-state index in [1.807, 2.05) is 30.3 Å². The van der Waals surface area contributed by atoms with Gasteiger partial charge in [-0.15, -0.1) is 4.80 Å². The summed E-state index contributed by atoms with van der Waals surface area (Å²) in [5.41, 5.74) is 5.08. The molecule has 0 spiro atoms. The highest BCUT2D eigenvalue weighted by atomic mass is 16.5. The fourth-order valence-electron chi connectivity index (χ4n) is 4.29. The van der Waals surface area contributed by atoms with E-state index in [0.717, 1.165) is 52.5 Å². The zero-order valence-corrected chi connectivity index (χ0v) is 17.2. The standard InChI is InChI=1S/C22H24N6O2/c1-14-5-4-6-19(28-23-9-10-24-28)21(14)27-13-16(30-3)12-20(27)22-25-17-8-7-15(29-2)11-18(17)26-22/h4-11,16,20H,12-13H2,1-3H3,(H,25,26)/t16-,20+/m1/s1. The second-order valence-corrected chi connectivity index (χ2v) is 7.53. The van der Waals surface area contributed by atoms with Gasteiger partial charge in [-0.05, 0) is 30.7 Å². The first kappa shape index (κ1) is 18.6. The Bertz CT molecular complexity index is 1170. The van der Waals surface area contributed by atoms with Gasteiger partial charge in [-0.3, -0.25) is 0 Å². The van der Waals surface area contributed by atoms with Crippen LogP contribution in [0.4, 0.5) is 5.69 Å². The van der Waals surface area contributed by atoms with E-state index in [9.17, 15) is 0 Å². The van der Waals surface area contributed by atoms with E-state index in [-0.39, 0.29) is 12.1 Å². The molecule has 0 radical (unpaired) electrons. The van der Waals surface area contributed by atoms with Gasteiger partial charge in [0.15, 0.2) is 0 Å². The van der Waals surface area contributed by atoms with Crippen LogP contribution in [0.3, 0.4) is 0 Å². The highest BCUT2D eigenvalue weighted by Crippen LogP contribution is 2.41. The number of hydrogen-bond donors (Lipinski definition) is 1. The lowest BCUT2D eigenvalue weighted by atomic mass is 10.1. The zero-order valence-electron chi connectivity index (χ0n) is 17.2. The number of nitrogens with one attached hydrogen (secondary N) is 1. The van der Waals surface area contributed by atoms with Crippen LogP contribution in [0.5, 0.6) is 5.75 Å². The number of aromatic amines is 1. The number of ether oxygens (including phenoxy) is 2. The molecule has 1 fully saturated rings. The summed E-state index contributed by atoms with van der Waals surface area (Å²) in [6.07, 6.45) is 4.33. The minimum absolute atomic E-state index is 0.0451. The number of rotatable bonds is 5. The van der Waals surface area contributed by atoms with Crippen LogP contribution in [0.2, 0.25) is 0 Å². The molecule has 0 saturated carbocycles. The minimum Gasteiger partial charge on any atom is -0.497 e. The fourth-order valence-corrected chi connectivity index (χ4v) is 4.29. The van der Waals surface area contributed by atoms with Crippen LogP contribution in [0, 0.1) is 6.92 Å². The van der Waals surface area contributed by atoms with Crippen LogP contribution in [0.25, 0.3) is 16.7 Å². The molecule has 2 aromatic heterocycles. The van der Waals surface area contributed by atoms with Gasteiger partial charge in [0.1, 0.15) is 17.3 Å². The number of benzene rings is 2. The largest absolute Gasteiger partial charge is 0.497 e. The summed E-state index contributed by atoms with van der Waals surface area (Å²) in [5.74, 6) is 1.72. The molecular formula is C22H24N6O2. The number of hydrogen-bond acceptors (Lipinski definition) is 6. The number of para-hydroxylation sites is 1. The van der Waals surface area contributed by atoms with E-state index in [2.05, 4.69) is 33.1 Å². The summed E-state index contributed by atoms with van der Waals surface area (Å²) in [5, 5.41) is 8.72. The Morgan fingerprint density at radius 2 is 1.93 bits per heavy atom. The molecule has 3 heterocycles. The molecule has 0 unspecified atom stereocenters. The predicted molar refractivity (Wildman–Crippen MR) is 114 cm³/mol. The Labute approximate surface area is 174 Å². The summed E-state index contributed by atoms with van der Waals surface area (Å²) >= 11 is 0. The number of fused-ring (bicyclic) bond motifs is 1. The summed E-state index contributed by atoms with van der Waals surface area (Å²) < 4.78 is 11.1. The normalized spacial score (nSPS) is 19.0. The Balaban J connectivity index is 1.61. The van der Waals surface area contributed by atoms with E-state index >= 15 is 0 Å². The second-order valence-electron chi connectivity index (χ2n) is 7.53. The number of anilines is 1. The van der Waals surface area contributed by atoms with Gasteiger partial charge in [0.05, 0.1) is 48.4 Å². The molecule has 5 rings (SSSR count). The quantitative estimate of drug-likeness (QED) is 0.549. The van der Waals surface area contributed by atoms with E-state index in [1.54, 1.807) is 31.4 Å². The number of nitrogens with zero attached hydrogens (tertiary/aromatic N) is 5. The van der Waals surface area contributed by atoms with E-state index in [0.29, 0.717) is 0 Å². The minimum atomic E-state index is 0.0451. The molecule has 1 saturated heterocycles. The van der Waals surface area contributed by atoms with Gasteiger partial charge in [0.2, 0.25) is 0 Å². The zero-order chi connectivity index (χ0) is 20.7. The first-order valence-corrected chi connectivity index (χ1v) is 9.97. The van der Waals surface area contributed by atoms with E-state index < -0.39 is 0 Å². The molecule has 8 nitrogen and oxygen atoms in total. The molecule has 8 heteroatoms. The molecule has 1 N–H and O–H groups in total. The summed E-state index contributed by atoms with van der Waals surface area (Å²) in [6.45, 7) is 2.88. The molecule has 0 bridgehead atoms. The number of methoxy groups -OCH3 is 2. The summed E-state index contributed by atoms with van der Waals surface area (Å²) in [7, 11) is 3.44. The van der Waals surface area contributed by atoms with Crippen LogP contribution in [-0.4, -0.2) is 51.8 Å². The van der Waals surface area contributed by atoms with Crippen LogP contribution < -0.4 is 9.64 Å². The van der Waals surface area contributed by atoms with Gasteiger partial charge >= 0.3 is 0 Å². The SMILES string of the molecule is COc1ccc2nc([C@@H]3C[C@@H](OC)CN3c3c(C)cccc3-n3nccn3)[nH]c2c1. The average Bonchev–Trinajstić information content (AvgIpc) is 3.51. The number of imidazole rings is 1. The molecule has 1 aliphatic rings. The van der Waals surface area contributed by atoms with Crippen molar-refractivity contribution in [2.45, 2.75) is 25.5 Å². The Morgan fingerprint density at radius 1 is 1.10 bits per heavy atom. The molecule has 0 aliphatic carbocycles. The average molecular weight is 404 g/mol. The predicted octanol–water partition coefficient (Wildman–Crippen LogP) is 3.43. The number of aromatic nitrogens is 5. The first-order valence-electron chi connectivity index (χ1n) is 9.97. The molecular weight excluding hydrogens is 380 g/mol. The highest BCUT2D eigenvalue weighted by Gasteiger charge is 2.37. The van der Waals surface area contributed by atoms with Crippen molar-refractivity contribution in [3.63, 3.8) is 0 Å². The van der Waals surface area contributed by atoms with Crippen molar-refractivity contribution in [2.24, 2.45) is 0 Å². The second kappa shape index (κ2) is 7.46. The number of aryl methyl sites for hydroxylation is 1. The van der Waals surface area contributed by atoms with E-state index in [1.165, 1.54) is 0 Å². The maximum Gasteiger partial charge on any atom is 0.130 e. The maximum atomic E-state index is 5.75. The van der Waals surface area contributed by atoms with Gasteiger partial charge in [0, 0.05) is 26.1 Å². The van der Waals surface area contributed by atoms with Gasteiger partial charge in [0.25, 0.3) is 0 Å². The number of H-pyrrole nitrogens is 1. The smallest absolute Gasteiger partial charge is 0.130 e. The van der Waals surface area contributed by atoms with Gasteiger partial charge in [-0.1, -0.05) is 12.1 Å². The Morgan fingerprint density at radius 3 is 2.70 bits per heavy atom. The van der Waals surface area contributed by atoms with Crippen molar-refractivity contribution in [1.82, 2.24) is 25.0 Å². The summed E-state index contributed by atoms with van der Waals surface area (Å²) in [4.78, 5) is 12.4. The van der Waals surface area contributed by atoms with Crippen molar-refractivity contribution >= 4 is 16.7 Å². The molecule has 2 atom stereocenters. The van der Waals surface area contributed by atoms with Crippen molar-refractivity contribution in [2.75, 3.05) is 25.7 Å². The van der Waals surface area contributed by atoms with Crippen molar-refractivity contribution in [1.29, 1.82) is 0 Å². The van der Waals surface area contributed by atoms with Gasteiger partial charge in [-0.2, -0.15) is 10.2 Å². The molecule has 4 aromatic rings. The van der Waals surface area contributed by atoms with E-state index in [4.69, 9.17) is 14.5 Å². The summed E-state index contributed by atoms with van der Waals surface area (Å²) in [6, 6.07) is 12.1. The maximum absolute atomic E-state index is 5.75. The molecule has 30 heavy (non-hydrogen) atoms. The van der Waals surface area contributed by atoms with Crippen LogP contribution in [0.1, 0.15) is 23.9 Å². The third kappa shape index (κ3) is 3.09. The van der Waals surface area contributed by atoms with Gasteiger partial charge in [-0.25, -0.2) is 4.98 Å². The van der Waals surface area contributed by atoms with Gasteiger partial charge < -0.3 is 19.4 Å². The molecule has 2 aromatic carbocycles. The van der Waals surface area contributed by atoms with Crippen molar-refractivity contribution in [3.05, 3.63) is 60.2 Å². The fraction of sp³-hybridized carbons (Fsp3) is 0.318. The van der Waals surface area contributed by atoms with Crippen LogP contribution in [-0.2, 0) is 4.74 Å². The monoisotopic (exact) mass is 404 g/mol. The molecule has 154 valence electrons. The third-order valence-corrected chi connectivity index (χ3v) is 5.76. The van der Waals surface area contributed by atoms with Crippen LogP contribution >= 0.6 is 0 Å². The molecule has 1 aliphatic heterocycles.